The van der Waals surface area contributed by atoms with E-state index in [2.05, 4.69) is 0 Å². The third kappa shape index (κ3) is 2.50. The van der Waals surface area contributed by atoms with Crippen molar-refractivity contribution in [3.8, 4) is 17.2 Å². The van der Waals surface area contributed by atoms with Gasteiger partial charge in [0.1, 0.15) is 0 Å². The lowest BCUT2D eigenvalue weighted by Crippen LogP contribution is -2.08. The third-order valence-corrected chi connectivity index (χ3v) is 2.49. The van der Waals surface area contributed by atoms with E-state index in [1.165, 1.54) is 21.3 Å². The maximum atomic E-state index is 11.1. The summed E-state index contributed by atoms with van der Waals surface area (Å²) in [5, 5.41) is 0. The van der Waals surface area contributed by atoms with Gasteiger partial charge in [0, 0.05) is 0 Å². The molecule has 0 aromatic heterocycles. The predicted molar refractivity (Wildman–Crippen MR) is 64.2 cm³/mol. The number of aldehydes is 1. The number of ether oxygens (including phenoxy) is 3. The van der Waals surface area contributed by atoms with Crippen molar-refractivity contribution in [2.75, 3.05) is 27.9 Å². The molecule has 0 saturated heterocycles. The van der Waals surface area contributed by atoms with Crippen LogP contribution in [-0.2, 0) is 6.42 Å². The fourth-order valence-corrected chi connectivity index (χ4v) is 1.72. The van der Waals surface area contributed by atoms with E-state index in [-0.39, 0.29) is 0 Å². The van der Waals surface area contributed by atoms with Gasteiger partial charge in [0.2, 0.25) is 5.75 Å². The highest BCUT2D eigenvalue weighted by Gasteiger charge is 2.19. The van der Waals surface area contributed by atoms with E-state index in [9.17, 15) is 4.79 Å². The molecule has 5 nitrogen and oxygen atoms in total. The predicted octanol–water partition coefficient (Wildman–Crippen LogP) is 1.03. The number of nitrogens with two attached hydrogens (primary N) is 1. The first-order valence-corrected chi connectivity index (χ1v) is 5.20. The minimum atomic E-state index is 0.380. The highest BCUT2D eigenvalue weighted by molar-refractivity contribution is 5.85. The summed E-state index contributed by atoms with van der Waals surface area (Å²) in [4.78, 5) is 11.1. The Morgan fingerprint density at radius 2 is 1.82 bits per heavy atom. The second-order valence-electron chi connectivity index (χ2n) is 3.37. The summed E-state index contributed by atoms with van der Waals surface area (Å²) < 4.78 is 15.6. The molecule has 0 radical (unpaired) electrons. The molecule has 0 aliphatic rings. The molecule has 94 valence electrons. The first-order valence-electron chi connectivity index (χ1n) is 5.20. The Morgan fingerprint density at radius 3 is 2.24 bits per heavy atom. The zero-order chi connectivity index (χ0) is 12.8. The summed E-state index contributed by atoms with van der Waals surface area (Å²) in [6.07, 6.45) is 1.32. The number of carbonyl (C=O) groups is 1. The number of hydrogen-bond acceptors (Lipinski definition) is 5. The van der Waals surface area contributed by atoms with Gasteiger partial charge in [-0.05, 0) is 24.6 Å². The smallest absolute Gasteiger partial charge is 0.204 e. The third-order valence-electron chi connectivity index (χ3n) is 2.49. The second kappa shape index (κ2) is 6.10. The van der Waals surface area contributed by atoms with E-state index in [1.807, 2.05) is 0 Å². The van der Waals surface area contributed by atoms with Crippen LogP contribution >= 0.6 is 0 Å². The first kappa shape index (κ1) is 13.3. The maximum Gasteiger partial charge on any atom is 0.204 e. The monoisotopic (exact) mass is 239 g/mol. The number of benzene rings is 1. The average molecular weight is 239 g/mol. The van der Waals surface area contributed by atoms with Gasteiger partial charge >= 0.3 is 0 Å². The fraction of sp³-hybridized carbons (Fsp3) is 0.417. The van der Waals surface area contributed by atoms with Crippen molar-refractivity contribution in [2.45, 2.75) is 6.42 Å². The van der Waals surface area contributed by atoms with Crippen LogP contribution in [-0.4, -0.2) is 34.2 Å². The molecule has 0 spiro atoms. The largest absolute Gasteiger partial charge is 0.493 e. The molecule has 0 unspecified atom stereocenters. The van der Waals surface area contributed by atoms with Crippen LogP contribution in [0.4, 0.5) is 0 Å². The average Bonchev–Trinajstić information content (AvgIpc) is 2.37. The molecule has 0 aliphatic heterocycles. The van der Waals surface area contributed by atoms with Crippen LogP contribution < -0.4 is 19.9 Å². The topological polar surface area (TPSA) is 70.8 Å². The highest BCUT2D eigenvalue weighted by Crippen LogP contribution is 2.41. The Bertz CT molecular complexity index is 404. The summed E-state index contributed by atoms with van der Waals surface area (Å²) in [5.41, 5.74) is 6.75. The quantitative estimate of drug-likeness (QED) is 0.751. The number of methoxy groups -OCH3 is 3. The number of hydrogen-bond donors (Lipinski definition) is 1. The summed E-state index contributed by atoms with van der Waals surface area (Å²) in [6.45, 7) is 0.444. The summed E-state index contributed by atoms with van der Waals surface area (Å²) in [5.74, 6) is 1.32. The Labute approximate surface area is 100 Å². The lowest BCUT2D eigenvalue weighted by molar-refractivity contribution is 0.111. The molecule has 1 aromatic carbocycles. The van der Waals surface area contributed by atoms with Crippen molar-refractivity contribution in [1.29, 1.82) is 0 Å². The molecule has 0 heterocycles. The first-order chi connectivity index (χ1) is 8.23. The van der Waals surface area contributed by atoms with E-state index in [0.717, 1.165) is 11.8 Å². The van der Waals surface area contributed by atoms with Crippen LogP contribution in [0.15, 0.2) is 6.07 Å². The van der Waals surface area contributed by atoms with Gasteiger partial charge in [-0.25, -0.2) is 0 Å². The van der Waals surface area contributed by atoms with Gasteiger partial charge in [-0.15, -0.1) is 0 Å². The van der Waals surface area contributed by atoms with E-state index in [0.29, 0.717) is 35.8 Å². The van der Waals surface area contributed by atoms with E-state index in [4.69, 9.17) is 19.9 Å². The zero-order valence-corrected chi connectivity index (χ0v) is 10.3. The van der Waals surface area contributed by atoms with Crippen LogP contribution in [0, 0.1) is 0 Å². The van der Waals surface area contributed by atoms with E-state index < -0.39 is 0 Å². The molecule has 0 atom stereocenters. The SMILES string of the molecule is COc1cc(CCN)c(C=O)c(OC)c1OC. The van der Waals surface area contributed by atoms with Crippen molar-refractivity contribution >= 4 is 6.29 Å². The minimum Gasteiger partial charge on any atom is -0.493 e. The zero-order valence-electron chi connectivity index (χ0n) is 10.3. The molecule has 0 bridgehead atoms. The van der Waals surface area contributed by atoms with Gasteiger partial charge in [-0.1, -0.05) is 0 Å². The van der Waals surface area contributed by atoms with E-state index in [1.54, 1.807) is 6.07 Å². The molecule has 5 heteroatoms. The molecular weight excluding hydrogens is 222 g/mol. The normalized spacial score (nSPS) is 9.88. The minimum absolute atomic E-state index is 0.380. The van der Waals surface area contributed by atoms with Crippen molar-refractivity contribution in [2.24, 2.45) is 5.73 Å². The van der Waals surface area contributed by atoms with Crippen LogP contribution in [0.5, 0.6) is 17.2 Å². The van der Waals surface area contributed by atoms with Gasteiger partial charge in [-0.3, -0.25) is 4.79 Å². The van der Waals surface area contributed by atoms with Crippen molar-refractivity contribution in [1.82, 2.24) is 0 Å². The molecule has 0 saturated carbocycles. The summed E-state index contributed by atoms with van der Waals surface area (Å²) >= 11 is 0. The van der Waals surface area contributed by atoms with Crippen LogP contribution in [0.3, 0.4) is 0 Å². The van der Waals surface area contributed by atoms with Gasteiger partial charge in [0.25, 0.3) is 0 Å². The number of rotatable bonds is 6. The molecule has 0 amide bonds. The molecule has 0 aliphatic carbocycles. The Hall–Kier alpha value is -1.75. The molecule has 2 N–H and O–H groups in total. The fourth-order valence-electron chi connectivity index (χ4n) is 1.72. The Balaban J connectivity index is 3.48. The Kier molecular flexibility index (Phi) is 4.78. The van der Waals surface area contributed by atoms with Gasteiger partial charge in [0.15, 0.2) is 17.8 Å². The van der Waals surface area contributed by atoms with E-state index >= 15 is 0 Å². The molecule has 17 heavy (non-hydrogen) atoms. The lowest BCUT2D eigenvalue weighted by atomic mass is 10.0. The molecule has 1 aromatic rings. The summed E-state index contributed by atoms with van der Waals surface area (Å²) in [6, 6.07) is 1.75. The standard InChI is InChI=1S/C12H17NO4/c1-15-10-6-8(4-5-13)9(7-14)11(16-2)12(10)17-3/h6-7H,4-5,13H2,1-3H3. The Morgan fingerprint density at radius 1 is 1.18 bits per heavy atom. The maximum absolute atomic E-state index is 11.1. The van der Waals surface area contributed by atoms with Gasteiger partial charge in [0.05, 0.1) is 26.9 Å². The van der Waals surface area contributed by atoms with Crippen LogP contribution in [0.1, 0.15) is 15.9 Å². The molecule has 1 rings (SSSR count). The van der Waals surface area contributed by atoms with Crippen molar-refractivity contribution < 1.29 is 19.0 Å². The van der Waals surface area contributed by atoms with Crippen molar-refractivity contribution in [3.05, 3.63) is 17.2 Å². The summed E-state index contributed by atoms with van der Waals surface area (Å²) in [7, 11) is 4.51. The lowest BCUT2D eigenvalue weighted by Gasteiger charge is -2.16. The second-order valence-corrected chi connectivity index (χ2v) is 3.37. The van der Waals surface area contributed by atoms with Crippen LogP contribution in [0.2, 0.25) is 0 Å². The highest BCUT2D eigenvalue weighted by atomic mass is 16.5. The molecule has 0 fully saturated rings. The van der Waals surface area contributed by atoms with Gasteiger partial charge < -0.3 is 19.9 Å². The van der Waals surface area contributed by atoms with Crippen LogP contribution in [0.25, 0.3) is 0 Å². The molecular formula is C12H17NO4. The number of carbonyl (C=O) groups excluding carboxylic acids is 1. The van der Waals surface area contributed by atoms with Crippen molar-refractivity contribution in [3.63, 3.8) is 0 Å². The van der Waals surface area contributed by atoms with Gasteiger partial charge in [-0.2, -0.15) is 0 Å².